The molecule has 4 aliphatic heterocycles. The summed E-state index contributed by atoms with van der Waals surface area (Å²) in [6.45, 7) is 2.94. The molecule has 0 radical (unpaired) electrons. The molecule has 4 aliphatic rings. The Morgan fingerprint density at radius 3 is 1.69 bits per heavy atom. The third kappa shape index (κ3) is 7.12. The van der Waals surface area contributed by atoms with E-state index < -0.39 is 35.4 Å². The Labute approximate surface area is 335 Å². The SMILES string of the molecule is Fc1cc2nc([C@@H]3CCCN3)[nH]c2cc1[C@H]1CC[C@@H](c2cc3[nH]c([C@@H]4CCCN4)nc3cc2F)N1c1cc(F)c(N2CCC(CCCc3ccccc3)CC2)c(F)c1. The highest BCUT2D eigenvalue weighted by Gasteiger charge is 2.40. The zero-order valence-corrected chi connectivity index (χ0v) is 32.6. The van der Waals surface area contributed by atoms with Gasteiger partial charge in [0, 0.05) is 42.0 Å². The van der Waals surface area contributed by atoms with E-state index in [4.69, 9.17) is 9.97 Å². The van der Waals surface area contributed by atoms with E-state index in [1.165, 1.54) is 29.8 Å². The highest BCUT2D eigenvalue weighted by molar-refractivity contribution is 5.78. The minimum absolute atomic E-state index is 0.0324. The molecule has 4 saturated heterocycles. The van der Waals surface area contributed by atoms with E-state index in [1.807, 2.05) is 15.9 Å². The molecule has 0 unspecified atom stereocenters. The van der Waals surface area contributed by atoms with Crippen molar-refractivity contribution in [2.75, 3.05) is 36.0 Å². The number of imidazole rings is 2. The van der Waals surface area contributed by atoms with E-state index >= 15 is 17.6 Å². The Bertz CT molecular complexity index is 2280. The first-order valence-electron chi connectivity index (χ1n) is 21.3. The summed E-state index contributed by atoms with van der Waals surface area (Å²) in [6, 6.07) is 18.5. The van der Waals surface area contributed by atoms with Gasteiger partial charge in [0.2, 0.25) is 0 Å². The van der Waals surface area contributed by atoms with Gasteiger partial charge in [-0.25, -0.2) is 27.5 Å². The Hall–Kier alpha value is -4.94. The molecule has 302 valence electrons. The number of fused-ring (bicyclic) bond motifs is 2. The average molecular weight is 791 g/mol. The van der Waals surface area contributed by atoms with Crippen LogP contribution in [-0.2, 0) is 6.42 Å². The first-order valence-corrected chi connectivity index (χ1v) is 21.3. The van der Waals surface area contributed by atoms with Gasteiger partial charge in [-0.15, -0.1) is 0 Å². The van der Waals surface area contributed by atoms with Crippen LogP contribution in [0.2, 0.25) is 0 Å². The summed E-state index contributed by atoms with van der Waals surface area (Å²) in [5.41, 5.74) is 4.74. The Balaban J connectivity index is 0.964. The summed E-state index contributed by atoms with van der Waals surface area (Å²) in [5, 5.41) is 6.89. The zero-order valence-electron chi connectivity index (χ0n) is 32.6. The number of anilines is 2. The third-order valence-corrected chi connectivity index (χ3v) is 13.3. The van der Waals surface area contributed by atoms with Crippen LogP contribution in [-0.4, -0.2) is 46.1 Å². The molecule has 2 aromatic heterocycles. The van der Waals surface area contributed by atoms with Gasteiger partial charge in [-0.1, -0.05) is 30.3 Å². The second-order valence-corrected chi connectivity index (χ2v) is 16.9. The lowest BCUT2D eigenvalue weighted by Crippen LogP contribution is -2.35. The van der Waals surface area contributed by atoms with Crippen LogP contribution in [0.4, 0.5) is 28.9 Å². The fraction of sp³-hybridized carbons (Fsp3) is 0.435. The molecular formula is C46H50F4N8. The maximum Gasteiger partial charge on any atom is 0.151 e. The van der Waals surface area contributed by atoms with Crippen molar-refractivity contribution < 1.29 is 17.6 Å². The van der Waals surface area contributed by atoms with Crippen LogP contribution < -0.4 is 20.4 Å². The molecule has 4 atom stereocenters. The average Bonchev–Trinajstić information content (AvgIpc) is 4.08. The topological polar surface area (TPSA) is 87.9 Å². The second kappa shape index (κ2) is 15.7. The number of aryl methyl sites for hydroxylation is 1. The Morgan fingerprint density at radius 2 is 1.17 bits per heavy atom. The summed E-state index contributed by atoms with van der Waals surface area (Å²) < 4.78 is 65.6. The van der Waals surface area contributed by atoms with Crippen LogP contribution in [0, 0.1) is 29.2 Å². The number of nitrogens with zero attached hydrogens (tertiary/aromatic N) is 4. The van der Waals surface area contributed by atoms with Gasteiger partial charge < -0.3 is 30.4 Å². The van der Waals surface area contributed by atoms with Gasteiger partial charge in [0.15, 0.2) is 11.6 Å². The van der Waals surface area contributed by atoms with Crippen molar-refractivity contribution in [3.05, 3.63) is 118 Å². The van der Waals surface area contributed by atoms with E-state index in [9.17, 15) is 0 Å². The maximum absolute atomic E-state index is 16.5. The normalized spacial score (nSPS) is 23.0. The number of H-pyrrole nitrogens is 2. The molecular weight excluding hydrogens is 741 g/mol. The largest absolute Gasteiger partial charge is 0.367 e. The summed E-state index contributed by atoms with van der Waals surface area (Å²) in [7, 11) is 0. The van der Waals surface area contributed by atoms with Crippen LogP contribution in [0.3, 0.4) is 0 Å². The van der Waals surface area contributed by atoms with Crippen molar-refractivity contribution in [3.8, 4) is 0 Å². The van der Waals surface area contributed by atoms with Gasteiger partial charge in [0.1, 0.15) is 29.0 Å². The van der Waals surface area contributed by atoms with E-state index in [0.717, 1.165) is 82.5 Å². The van der Waals surface area contributed by atoms with Crippen LogP contribution in [0.25, 0.3) is 22.1 Å². The number of aromatic amines is 2. The third-order valence-electron chi connectivity index (χ3n) is 13.3. The summed E-state index contributed by atoms with van der Waals surface area (Å²) in [4.78, 5) is 19.9. The Morgan fingerprint density at radius 1 is 0.621 bits per heavy atom. The molecule has 6 heterocycles. The number of benzene rings is 4. The molecule has 0 amide bonds. The predicted molar refractivity (Wildman–Crippen MR) is 220 cm³/mol. The molecule has 10 rings (SSSR count). The first-order chi connectivity index (χ1) is 28.4. The smallest absolute Gasteiger partial charge is 0.151 e. The summed E-state index contributed by atoms with van der Waals surface area (Å²) in [6.07, 6.45) is 9.79. The molecule has 58 heavy (non-hydrogen) atoms. The number of aromatic nitrogens is 4. The van der Waals surface area contributed by atoms with Gasteiger partial charge in [0.05, 0.1) is 46.2 Å². The fourth-order valence-electron chi connectivity index (χ4n) is 10.3. The number of rotatable bonds is 10. The van der Waals surface area contributed by atoms with Gasteiger partial charge in [0.25, 0.3) is 0 Å². The lowest BCUT2D eigenvalue weighted by atomic mass is 9.90. The Kier molecular flexibility index (Phi) is 10.1. The zero-order chi connectivity index (χ0) is 39.3. The van der Waals surface area contributed by atoms with E-state index in [0.29, 0.717) is 65.0 Å². The van der Waals surface area contributed by atoms with Crippen LogP contribution in [0.5, 0.6) is 0 Å². The van der Waals surface area contributed by atoms with Gasteiger partial charge >= 0.3 is 0 Å². The molecule has 4 aromatic carbocycles. The summed E-state index contributed by atoms with van der Waals surface area (Å²) >= 11 is 0. The van der Waals surface area contributed by atoms with Crippen molar-refractivity contribution in [1.82, 2.24) is 30.6 Å². The number of hydrogen-bond acceptors (Lipinski definition) is 6. The van der Waals surface area contributed by atoms with Gasteiger partial charge in [-0.3, -0.25) is 0 Å². The van der Waals surface area contributed by atoms with Crippen molar-refractivity contribution in [2.24, 2.45) is 5.92 Å². The molecule has 4 fully saturated rings. The fourth-order valence-corrected chi connectivity index (χ4v) is 10.3. The molecule has 0 aliphatic carbocycles. The first kappa shape index (κ1) is 37.3. The van der Waals surface area contributed by atoms with Crippen LogP contribution in [0.15, 0.2) is 66.7 Å². The van der Waals surface area contributed by atoms with Crippen molar-refractivity contribution in [1.29, 1.82) is 0 Å². The molecule has 8 nitrogen and oxygen atoms in total. The molecule has 0 bridgehead atoms. The van der Waals surface area contributed by atoms with Crippen molar-refractivity contribution in [2.45, 2.75) is 94.8 Å². The van der Waals surface area contributed by atoms with E-state index in [1.54, 1.807) is 12.1 Å². The molecule has 6 aromatic rings. The molecule has 4 N–H and O–H groups in total. The van der Waals surface area contributed by atoms with E-state index in [2.05, 4.69) is 44.9 Å². The molecule has 0 saturated carbocycles. The standard InChI is InChI=1S/C46H50F4N8/c47-32-25-40-38(53-45(55-40)36-11-5-17-51-36)23-30(32)42-13-14-43(31-24-39-41(26-33(31)48)56-46(54-39)37-12-6-18-52-37)58(42)29-21-34(49)44(35(50)22-29)57-19-15-28(16-20-57)10-4-9-27-7-2-1-3-8-27/h1-3,7-8,21-26,28,36-37,42-43,51-52H,4-6,9-20H2,(H,53,55)(H,54,56)/t36-,37-,42-,43+/m0/s1. The highest BCUT2D eigenvalue weighted by atomic mass is 19.1. The summed E-state index contributed by atoms with van der Waals surface area (Å²) in [5.74, 6) is -0.203. The number of halogens is 4. The van der Waals surface area contributed by atoms with Crippen LogP contribution in [0.1, 0.15) is 117 Å². The molecule has 0 spiro atoms. The predicted octanol–water partition coefficient (Wildman–Crippen LogP) is 10.2. The van der Waals surface area contributed by atoms with Crippen molar-refractivity contribution in [3.63, 3.8) is 0 Å². The van der Waals surface area contributed by atoms with Crippen molar-refractivity contribution >= 4 is 33.4 Å². The minimum atomic E-state index is -0.668. The van der Waals surface area contributed by atoms with Gasteiger partial charge in [-0.05, 0) is 119 Å². The number of hydrogen-bond donors (Lipinski definition) is 4. The second-order valence-electron chi connectivity index (χ2n) is 16.9. The quantitative estimate of drug-likeness (QED) is 0.103. The van der Waals surface area contributed by atoms with Crippen LogP contribution >= 0.6 is 0 Å². The minimum Gasteiger partial charge on any atom is -0.367 e. The monoisotopic (exact) mass is 790 g/mol. The molecule has 12 heteroatoms. The maximum atomic E-state index is 16.5. The lowest BCUT2D eigenvalue weighted by Gasteiger charge is -2.36. The van der Waals surface area contributed by atoms with E-state index in [-0.39, 0.29) is 23.5 Å². The van der Waals surface area contributed by atoms with Gasteiger partial charge in [-0.2, -0.15) is 0 Å². The highest BCUT2D eigenvalue weighted by Crippen LogP contribution is 2.50. The number of piperidine rings is 1. The lowest BCUT2D eigenvalue weighted by molar-refractivity contribution is 0.369. The number of nitrogens with one attached hydrogen (secondary N) is 4.